The number of ether oxygens (including phenoxy) is 3. The summed E-state index contributed by atoms with van der Waals surface area (Å²) in [6, 6.07) is 6.87. The van der Waals surface area contributed by atoms with E-state index in [2.05, 4.69) is 39.1 Å². The molecule has 0 spiro atoms. The second-order valence-corrected chi connectivity index (χ2v) is 6.75. The van der Waals surface area contributed by atoms with Gasteiger partial charge in [0.2, 0.25) is 6.79 Å². The fourth-order valence-electron chi connectivity index (χ4n) is 3.46. The van der Waals surface area contributed by atoms with Gasteiger partial charge in [-0.3, -0.25) is 9.89 Å². The van der Waals surface area contributed by atoms with Crippen LogP contribution >= 0.6 is 0 Å². The zero-order valence-corrected chi connectivity index (χ0v) is 17.9. The summed E-state index contributed by atoms with van der Waals surface area (Å²) < 4.78 is 46.5. The highest BCUT2D eigenvalue weighted by atomic mass is 19.3. The van der Waals surface area contributed by atoms with Crippen molar-refractivity contribution in [2.45, 2.75) is 33.0 Å². The van der Waals surface area contributed by atoms with E-state index in [9.17, 15) is 8.78 Å². The van der Waals surface area contributed by atoms with Crippen molar-refractivity contribution in [1.82, 2.24) is 15.5 Å². The Labute approximate surface area is 180 Å². The molecule has 0 bridgehead atoms. The van der Waals surface area contributed by atoms with Crippen LogP contribution in [-0.4, -0.2) is 50.9 Å². The van der Waals surface area contributed by atoms with Crippen LogP contribution in [0.15, 0.2) is 39.9 Å². The number of aliphatic imine (C=N–C) groups is 1. The third kappa shape index (κ3) is 5.78. The summed E-state index contributed by atoms with van der Waals surface area (Å²) in [5, 5.41) is 6.42. The number of hydrogen-bond acceptors (Lipinski definition) is 6. The van der Waals surface area contributed by atoms with Gasteiger partial charge in [0.15, 0.2) is 17.5 Å². The van der Waals surface area contributed by atoms with Gasteiger partial charge in [-0.15, -0.1) is 0 Å². The van der Waals surface area contributed by atoms with Crippen molar-refractivity contribution in [3.63, 3.8) is 0 Å². The van der Waals surface area contributed by atoms with Crippen LogP contribution in [0, 0.1) is 0 Å². The van der Waals surface area contributed by atoms with Crippen LogP contribution in [0.4, 0.5) is 8.78 Å². The van der Waals surface area contributed by atoms with Crippen molar-refractivity contribution in [2.75, 3.05) is 33.5 Å². The molecule has 170 valence electrons. The van der Waals surface area contributed by atoms with Crippen LogP contribution in [0.3, 0.4) is 0 Å². The molecule has 2 heterocycles. The minimum absolute atomic E-state index is 0.0202. The minimum Gasteiger partial charge on any atom is -0.468 e. The Morgan fingerprint density at radius 3 is 2.55 bits per heavy atom. The van der Waals surface area contributed by atoms with E-state index in [0.29, 0.717) is 29.6 Å². The lowest BCUT2D eigenvalue weighted by atomic mass is 10.1. The predicted octanol–water partition coefficient (Wildman–Crippen LogP) is 3.36. The van der Waals surface area contributed by atoms with Gasteiger partial charge in [-0.1, -0.05) is 13.8 Å². The topological polar surface area (TPSA) is 80.5 Å². The number of guanidine groups is 1. The van der Waals surface area contributed by atoms with E-state index in [4.69, 9.17) is 13.9 Å². The highest BCUT2D eigenvalue weighted by Crippen LogP contribution is 2.38. The van der Waals surface area contributed by atoms with Crippen molar-refractivity contribution in [1.29, 1.82) is 0 Å². The average Bonchev–Trinajstić information content (AvgIpc) is 3.44. The molecule has 8 nitrogen and oxygen atoms in total. The van der Waals surface area contributed by atoms with Gasteiger partial charge in [0, 0.05) is 31.8 Å². The molecule has 31 heavy (non-hydrogen) atoms. The highest BCUT2D eigenvalue weighted by Gasteiger charge is 2.22. The number of fused-ring (bicyclic) bond motifs is 1. The van der Waals surface area contributed by atoms with Crippen molar-refractivity contribution >= 4 is 5.96 Å². The molecule has 3 rings (SSSR count). The monoisotopic (exact) mass is 438 g/mol. The van der Waals surface area contributed by atoms with Crippen LogP contribution in [-0.2, 0) is 6.54 Å². The Morgan fingerprint density at radius 2 is 1.94 bits per heavy atom. The minimum atomic E-state index is -2.94. The van der Waals surface area contributed by atoms with Crippen LogP contribution in [0.5, 0.6) is 17.2 Å². The standard InChI is InChI=1S/C21H28F2N4O4/c1-4-27(5-2)15(16-7-6-8-28-16)12-26-21(24-3)25-11-14-9-18-19(30-13-29-18)10-17(14)31-20(22)23/h6-10,15,20H,4-5,11-13H2,1-3H3,(H2,24,25,26). The number of furan rings is 1. The lowest BCUT2D eigenvalue weighted by Crippen LogP contribution is -2.43. The van der Waals surface area contributed by atoms with Crippen LogP contribution < -0.4 is 24.8 Å². The van der Waals surface area contributed by atoms with Gasteiger partial charge in [-0.2, -0.15) is 8.78 Å². The van der Waals surface area contributed by atoms with Crippen molar-refractivity contribution in [2.24, 2.45) is 4.99 Å². The molecule has 1 atom stereocenters. The molecule has 0 saturated heterocycles. The van der Waals surface area contributed by atoms with Gasteiger partial charge < -0.3 is 29.3 Å². The Kier molecular flexibility index (Phi) is 7.94. The van der Waals surface area contributed by atoms with E-state index in [-0.39, 0.29) is 25.1 Å². The van der Waals surface area contributed by atoms with Crippen molar-refractivity contribution in [3.8, 4) is 17.2 Å². The fraction of sp³-hybridized carbons (Fsp3) is 0.476. The molecule has 0 aliphatic carbocycles. The summed E-state index contributed by atoms with van der Waals surface area (Å²) >= 11 is 0. The SMILES string of the molecule is CCN(CC)C(CNC(=NC)NCc1cc2c(cc1OC(F)F)OCO2)c1ccco1. The van der Waals surface area contributed by atoms with Crippen LogP contribution in [0.25, 0.3) is 0 Å². The molecule has 2 aromatic rings. The van der Waals surface area contributed by atoms with Gasteiger partial charge >= 0.3 is 6.61 Å². The number of nitrogens with zero attached hydrogens (tertiary/aromatic N) is 2. The molecule has 1 aromatic carbocycles. The summed E-state index contributed by atoms with van der Waals surface area (Å²) in [6.07, 6.45) is 1.66. The summed E-state index contributed by atoms with van der Waals surface area (Å²) in [5.41, 5.74) is 0.499. The number of rotatable bonds is 10. The van der Waals surface area contributed by atoms with E-state index in [1.165, 1.54) is 6.07 Å². The number of hydrogen-bond donors (Lipinski definition) is 2. The number of halogens is 2. The molecule has 0 saturated carbocycles. The van der Waals surface area contributed by atoms with E-state index < -0.39 is 6.61 Å². The number of benzene rings is 1. The molecule has 10 heteroatoms. The van der Waals surface area contributed by atoms with Gasteiger partial charge in [-0.05, 0) is 31.3 Å². The fourth-order valence-corrected chi connectivity index (χ4v) is 3.46. The van der Waals surface area contributed by atoms with Gasteiger partial charge in [-0.25, -0.2) is 0 Å². The molecular formula is C21H28F2N4O4. The van der Waals surface area contributed by atoms with E-state index in [0.717, 1.165) is 18.8 Å². The molecule has 1 aliphatic heterocycles. The first kappa shape index (κ1) is 22.7. The molecule has 0 radical (unpaired) electrons. The van der Waals surface area contributed by atoms with Gasteiger partial charge in [0.05, 0.1) is 12.3 Å². The van der Waals surface area contributed by atoms with Crippen molar-refractivity contribution in [3.05, 3.63) is 41.9 Å². The van der Waals surface area contributed by atoms with E-state index in [1.54, 1.807) is 19.4 Å². The Morgan fingerprint density at radius 1 is 1.19 bits per heavy atom. The molecular weight excluding hydrogens is 410 g/mol. The number of alkyl halides is 2. The smallest absolute Gasteiger partial charge is 0.387 e. The molecule has 0 fully saturated rings. The maximum Gasteiger partial charge on any atom is 0.387 e. The Hall–Kier alpha value is -3.01. The predicted molar refractivity (Wildman–Crippen MR) is 112 cm³/mol. The molecule has 1 aliphatic rings. The molecule has 1 aromatic heterocycles. The summed E-state index contributed by atoms with van der Waals surface area (Å²) in [4.78, 5) is 6.50. The Balaban J connectivity index is 1.66. The van der Waals surface area contributed by atoms with E-state index >= 15 is 0 Å². The summed E-state index contributed by atoms with van der Waals surface area (Å²) in [7, 11) is 1.64. The first-order chi connectivity index (χ1) is 15.0. The average molecular weight is 438 g/mol. The number of nitrogens with one attached hydrogen (secondary N) is 2. The van der Waals surface area contributed by atoms with Gasteiger partial charge in [0.1, 0.15) is 11.5 Å². The zero-order valence-electron chi connectivity index (χ0n) is 17.9. The summed E-state index contributed by atoms with van der Waals surface area (Å²) in [5.74, 6) is 2.27. The third-order valence-corrected chi connectivity index (χ3v) is 5.03. The zero-order chi connectivity index (χ0) is 22.2. The highest BCUT2D eigenvalue weighted by molar-refractivity contribution is 5.79. The second kappa shape index (κ2) is 10.9. The van der Waals surface area contributed by atoms with Crippen molar-refractivity contribution < 1.29 is 27.4 Å². The molecule has 1 unspecified atom stereocenters. The third-order valence-electron chi connectivity index (χ3n) is 5.03. The number of likely N-dealkylation sites (N-methyl/N-ethyl adjacent to an activating group) is 1. The normalized spacial score (nSPS) is 14.2. The first-order valence-electron chi connectivity index (χ1n) is 10.1. The second-order valence-electron chi connectivity index (χ2n) is 6.75. The maximum atomic E-state index is 12.8. The quantitative estimate of drug-likeness (QED) is 0.435. The van der Waals surface area contributed by atoms with E-state index in [1.807, 2.05) is 12.1 Å². The lowest BCUT2D eigenvalue weighted by molar-refractivity contribution is -0.0505. The molecule has 0 amide bonds. The van der Waals surface area contributed by atoms with Crippen LogP contribution in [0.1, 0.15) is 31.2 Å². The molecule has 2 N–H and O–H groups in total. The first-order valence-corrected chi connectivity index (χ1v) is 10.1. The maximum absolute atomic E-state index is 12.8. The van der Waals surface area contributed by atoms with Gasteiger partial charge in [0.25, 0.3) is 0 Å². The lowest BCUT2D eigenvalue weighted by Gasteiger charge is -2.28. The largest absolute Gasteiger partial charge is 0.468 e. The van der Waals surface area contributed by atoms with Crippen LogP contribution in [0.2, 0.25) is 0 Å². The Bertz CT molecular complexity index is 857. The summed E-state index contributed by atoms with van der Waals surface area (Å²) in [6.45, 7) is 3.77.